The van der Waals surface area contributed by atoms with Gasteiger partial charge in [-0.25, -0.2) is 9.59 Å². The van der Waals surface area contributed by atoms with Crippen molar-refractivity contribution in [3.8, 4) is 0 Å². The SMILES string of the molecule is CC(C)(CC1CCCC(NC(=O)OCc2ccccc2)C1)OC(N)=O. The summed E-state index contributed by atoms with van der Waals surface area (Å²) in [5, 5.41) is 2.95. The highest BCUT2D eigenvalue weighted by Gasteiger charge is 2.31. The van der Waals surface area contributed by atoms with Gasteiger partial charge in [-0.1, -0.05) is 43.2 Å². The molecular weight excluding hydrogens is 320 g/mol. The summed E-state index contributed by atoms with van der Waals surface area (Å²) >= 11 is 0. The molecule has 1 aromatic carbocycles. The monoisotopic (exact) mass is 348 g/mol. The highest BCUT2D eigenvalue weighted by Crippen LogP contribution is 2.32. The van der Waals surface area contributed by atoms with Crippen LogP contribution in [0.2, 0.25) is 0 Å². The number of carbonyl (C=O) groups is 2. The highest BCUT2D eigenvalue weighted by atomic mass is 16.6. The quantitative estimate of drug-likeness (QED) is 0.819. The van der Waals surface area contributed by atoms with E-state index in [4.69, 9.17) is 15.2 Å². The van der Waals surface area contributed by atoms with Gasteiger partial charge in [0.05, 0.1) is 0 Å². The van der Waals surface area contributed by atoms with Gasteiger partial charge >= 0.3 is 12.2 Å². The van der Waals surface area contributed by atoms with Crippen molar-refractivity contribution >= 4 is 12.2 Å². The van der Waals surface area contributed by atoms with E-state index in [1.807, 2.05) is 44.2 Å². The van der Waals surface area contributed by atoms with Crippen LogP contribution in [0.25, 0.3) is 0 Å². The summed E-state index contributed by atoms with van der Waals surface area (Å²) in [6, 6.07) is 9.69. The van der Waals surface area contributed by atoms with Crippen LogP contribution in [0, 0.1) is 5.92 Å². The fourth-order valence-corrected chi connectivity index (χ4v) is 3.55. The lowest BCUT2D eigenvalue weighted by Crippen LogP contribution is -2.41. The Balaban J connectivity index is 1.76. The van der Waals surface area contributed by atoms with Crippen molar-refractivity contribution in [2.24, 2.45) is 11.7 Å². The van der Waals surface area contributed by atoms with E-state index < -0.39 is 11.7 Å². The van der Waals surface area contributed by atoms with E-state index in [0.717, 1.165) is 37.7 Å². The lowest BCUT2D eigenvalue weighted by atomic mass is 9.80. The maximum absolute atomic E-state index is 12.0. The molecule has 0 heterocycles. The first kappa shape index (κ1) is 19.1. The molecule has 25 heavy (non-hydrogen) atoms. The molecule has 3 N–H and O–H groups in total. The summed E-state index contributed by atoms with van der Waals surface area (Å²) in [5.41, 5.74) is 5.49. The average Bonchev–Trinajstić information content (AvgIpc) is 2.52. The van der Waals surface area contributed by atoms with E-state index in [1.165, 1.54) is 0 Å². The summed E-state index contributed by atoms with van der Waals surface area (Å²) in [6.07, 6.45) is 3.47. The lowest BCUT2D eigenvalue weighted by molar-refractivity contribution is 0.0201. The van der Waals surface area contributed by atoms with Gasteiger partial charge in [0.25, 0.3) is 0 Å². The van der Waals surface area contributed by atoms with Crippen LogP contribution in [0.1, 0.15) is 51.5 Å². The number of hydrogen-bond acceptors (Lipinski definition) is 4. The third-order valence-corrected chi connectivity index (χ3v) is 4.47. The number of amides is 2. The number of benzene rings is 1. The number of alkyl carbamates (subject to hydrolysis) is 1. The topological polar surface area (TPSA) is 90.7 Å². The second kappa shape index (κ2) is 8.74. The molecule has 0 aliphatic heterocycles. The molecule has 0 radical (unpaired) electrons. The Labute approximate surface area is 149 Å². The van der Waals surface area contributed by atoms with Crippen LogP contribution in [0.3, 0.4) is 0 Å². The number of carbonyl (C=O) groups excluding carboxylic acids is 2. The molecule has 2 unspecified atom stereocenters. The minimum absolute atomic E-state index is 0.0893. The molecule has 2 rings (SSSR count). The molecule has 0 aromatic heterocycles. The van der Waals surface area contributed by atoms with E-state index in [0.29, 0.717) is 5.92 Å². The maximum atomic E-state index is 12.0. The first-order valence-corrected chi connectivity index (χ1v) is 8.80. The first-order chi connectivity index (χ1) is 11.8. The molecule has 1 aliphatic rings. The molecule has 1 aliphatic carbocycles. The molecule has 2 atom stereocenters. The highest BCUT2D eigenvalue weighted by molar-refractivity contribution is 5.67. The third-order valence-electron chi connectivity index (χ3n) is 4.47. The first-order valence-electron chi connectivity index (χ1n) is 8.80. The van der Waals surface area contributed by atoms with Crippen LogP contribution in [-0.2, 0) is 16.1 Å². The van der Waals surface area contributed by atoms with Crippen LogP contribution in [-0.4, -0.2) is 23.8 Å². The van der Waals surface area contributed by atoms with Crippen LogP contribution in [0.5, 0.6) is 0 Å². The number of nitrogens with two attached hydrogens (primary N) is 1. The van der Waals surface area contributed by atoms with Gasteiger partial charge in [-0.2, -0.15) is 0 Å². The van der Waals surface area contributed by atoms with Crippen molar-refractivity contribution in [3.63, 3.8) is 0 Å². The van der Waals surface area contributed by atoms with Crippen LogP contribution < -0.4 is 11.1 Å². The molecule has 0 saturated heterocycles. The van der Waals surface area contributed by atoms with Gasteiger partial charge in [-0.15, -0.1) is 0 Å². The predicted octanol–water partition coefficient (Wildman–Crippen LogP) is 3.74. The van der Waals surface area contributed by atoms with Crippen LogP contribution >= 0.6 is 0 Å². The van der Waals surface area contributed by atoms with E-state index in [1.54, 1.807) is 0 Å². The van der Waals surface area contributed by atoms with E-state index >= 15 is 0 Å². The summed E-state index contributed by atoms with van der Waals surface area (Å²) in [6.45, 7) is 3.99. The van der Waals surface area contributed by atoms with E-state index in [2.05, 4.69) is 5.32 Å². The zero-order valence-corrected chi connectivity index (χ0v) is 15.0. The minimum Gasteiger partial charge on any atom is -0.445 e. The average molecular weight is 348 g/mol. The van der Waals surface area contributed by atoms with Crippen molar-refractivity contribution in [2.45, 2.75) is 64.2 Å². The molecule has 1 saturated carbocycles. The Bertz CT molecular complexity index is 574. The molecule has 0 bridgehead atoms. The summed E-state index contributed by atoms with van der Waals surface area (Å²) < 4.78 is 10.5. The second-order valence-corrected chi connectivity index (χ2v) is 7.32. The van der Waals surface area contributed by atoms with Gasteiger partial charge in [0.2, 0.25) is 0 Å². The maximum Gasteiger partial charge on any atom is 0.407 e. The summed E-state index contributed by atoms with van der Waals surface area (Å²) in [7, 11) is 0. The molecule has 2 amide bonds. The number of hydrogen-bond donors (Lipinski definition) is 2. The van der Waals surface area contributed by atoms with Gasteiger partial charge in [0, 0.05) is 6.04 Å². The smallest absolute Gasteiger partial charge is 0.407 e. The zero-order valence-electron chi connectivity index (χ0n) is 15.0. The molecule has 138 valence electrons. The van der Waals surface area contributed by atoms with Gasteiger partial charge in [-0.3, -0.25) is 0 Å². The van der Waals surface area contributed by atoms with Crippen molar-refractivity contribution in [2.75, 3.05) is 0 Å². The fraction of sp³-hybridized carbons (Fsp3) is 0.579. The largest absolute Gasteiger partial charge is 0.445 e. The normalized spacial score (nSPS) is 20.6. The molecule has 0 spiro atoms. The van der Waals surface area contributed by atoms with Crippen molar-refractivity contribution in [1.82, 2.24) is 5.32 Å². The van der Waals surface area contributed by atoms with Gasteiger partial charge in [-0.05, 0) is 44.6 Å². The number of rotatable bonds is 6. The molecule has 6 nitrogen and oxygen atoms in total. The van der Waals surface area contributed by atoms with Crippen molar-refractivity contribution in [3.05, 3.63) is 35.9 Å². The standard InChI is InChI=1S/C19H28N2O4/c1-19(2,25-17(20)22)12-15-9-6-10-16(11-15)21-18(23)24-13-14-7-4-3-5-8-14/h3-5,7-8,15-16H,6,9-13H2,1-2H3,(H2,20,22)(H,21,23). The predicted molar refractivity (Wildman–Crippen MR) is 94.9 cm³/mol. The van der Waals surface area contributed by atoms with Crippen molar-refractivity contribution < 1.29 is 19.1 Å². The van der Waals surface area contributed by atoms with Gasteiger partial charge in [0.1, 0.15) is 12.2 Å². The van der Waals surface area contributed by atoms with Crippen LogP contribution in [0.15, 0.2) is 30.3 Å². The molecule has 1 aromatic rings. The Hall–Kier alpha value is -2.24. The number of nitrogens with one attached hydrogen (secondary N) is 1. The van der Waals surface area contributed by atoms with E-state index in [-0.39, 0.29) is 18.7 Å². The molecule has 6 heteroatoms. The Morgan fingerprint density at radius 3 is 2.64 bits per heavy atom. The zero-order chi connectivity index (χ0) is 18.3. The lowest BCUT2D eigenvalue weighted by Gasteiger charge is -2.34. The Morgan fingerprint density at radius 1 is 1.24 bits per heavy atom. The second-order valence-electron chi connectivity index (χ2n) is 7.32. The number of ether oxygens (including phenoxy) is 2. The Kier molecular flexibility index (Phi) is 6.67. The Morgan fingerprint density at radius 2 is 1.96 bits per heavy atom. The summed E-state index contributed by atoms with van der Waals surface area (Å²) in [5.74, 6) is 0.377. The molecule has 1 fully saturated rings. The summed E-state index contributed by atoms with van der Waals surface area (Å²) in [4.78, 5) is 23.0. The molecular formula is C19H28N2O4. The van der Waals surface area contributed by atoms with Gasteiger partial charge in [0.15, 0.2) is 0 Å². The fourth-order valence-electron chi connectivity index (χ4n) is 3.55. The third kappa shape index (κ3) is 7.03. The minimum atomic E-state index is -0.750. The van der Waals surface area contributed by atoms with Crippen molar-refractivity contribution in [1.29, 1.82) is 0 Å². The van der Waals surface area contributed by atoms with Crippen LogP contribution in [0.4, 0.5) is 9.59 Å². The van der Waals surface area contributed by atoms with E-state index in [9.17, 15) is 9.59 Å². The number of primary amides is 1. The van der Waals surface area contributed by atoms with Gasteiger partial charge < -0.3 is 20.5 Å².